The van der Waals surface area contributed by atoms with E-state index in [-0.39, 0.29) is 24.4 Å². The molecule has 3 heterocycles. The molecule has 1 aromatic carbocycles. The maximum atomic E-state index is 13.4. The number of likely N-dealkylation sites (tertiary alicyclic amines) is 1. The van der Waals surface area contributed by atoms with E-state index < -0.39 is 0 Å². The average molecular weight is 395 g/mol. The van der Waals surface area contributed by atoms with Crippen molar-refractivity contribution in [2.24, 2.45) is 0 Å². The van der Waals surface area contributed by atoms with Crippen molar-refractivity contribution in [2.75, 3.05) is 13.2 Å². The summed E-state index contributed by atoms with van der Waals surface area (Å²) in [5.41, 5.74) is 0.814. The Hall–Kier alpha value is -3.22. The van der Waals surface area contributed by atoms with Crippen LogP contribution in [0.5, 0.6) is 5.75 Å². The SMILES string of the molecule is O=C(COc1cccnc1)N1CCCCC1c1ncc(Cc2cccc(F)c2)o1. The standard InChI is InChI=1S/C22H22FN3O3/c23-17-6-3-5-16(11-17)12-19-14-25-22(29-19)20-8-1-2-10-26(20)21(27)15-28-18-7-4-9-24-13-18/h3-7,9,11,13-14,20H,1-2,8,10,12,15H2. The Balaban J connectivity index is 1.43. The number of rotatable bonds is 6. The van der Waals surface area contributed by atoms with Crippen molar-refractivity contribution in [1.29, 1.82) is 0 Å². The number of carbonyl (C=O) groups is 1. The number of aromatic nitrogens is 2. The zero-order valence-electron chi connectivity index (χ0n) is 16.0. The van der Waals surface area contributed by atoms with Gasteiger partial charge >= 0.3 is 0 Å². The predicted octanol–water partition coefficient (Wildman–Crippen LogP) is 3.93. The number of piperidine rings is 1. The maximum absolute atomic E-state index is 13.4. The molecule has 1 amide bonds. The molecular weight excluding hydrogens is 373 g/mol. The summed E-state index contributed by atoms with van der Waals surface area (Å²) in [6.07, 6.45) is 8.07. The molecule has 1 aliphatic rings. The van der Waals surface area contributed by atoms with Crippen LogP contribution in [-0.2, 0) is 11.2 Å². The van der Waals surface area contributed by atoms with Gasteiger partial charge in [0.2, 0.25) is 5.89 Å². The van der Waals surface area contributed by atoms with Crippen LogP contribution < -0.4 is 4.74 Å². The van der Waals surface area contributed by atoms with Crippen molar-refractivity contribution in [1.82, 2.24) is 14.9 Å². The Morgan fingerprint density at radius 2 is 2.17 bits per heavy atom. The minimum Gasteiger partial charge on any atom is -0.482 e. The Labute approximate surface area is 168 Å². The molecule has 1 aliphatic heterocycles. The first-order valence-electron chi connectivity index (χ1n) is 9.70. The number of amides is 1. The molecule has 1 saturated heterocycles. The van der Waals surface area contributed by atoms with Gasteiger partial charge in [0.25, 0.3) is 5.91 Å². The van der Waals surface area contributed by atoms with E-state index in [4.69, 9.17) is 9.15 Å². The second-order valence-corrected chi connectivity index (χ2v) is 7.05. The summed E-state index contributed by atoms with van der Waals surface area (Å²) in [6.45, 7) is 0.584. The minimum atomic E-state index is -0.278. The minimum absolute atomic E-state index is 0.0565. The van der Waals surface area contributed by atoms with Crippen LogP contribution in [0.4, 0.5) is 4.39 Å². The molecule has 29 heavy (non-hydrogen) atoms. The summed E-state index contributed by atoms with van der Waals surface area (Å²) < 4.78 is 24.9. The van der Waals surface area contributed by atoms with Crippen LogP contribution in [0.1, 0.15) is 42.5 Å². The maximum Gasteiger partial charge on any atom is 0.261 e. The van der Waals surface area contributed by atoms with Crippen LogP contribution in [0.2, 0.25) is 0 Å². The smallest absolute Gasteiger partial charge is 0.261 e. The zero-order valence-corrected chi connectivity index (χ0v) is 16.0. The van der Waals surface area contributed by atoms with Crippen molar-refractivity contribution < 1.29 is 18.3 Å². The highest BCUT2D eigenvalue weighted by molar-refractivity contribution is 5.78. The number of nitrogens with zero attached hydrogens (tertiary/aromatic N) is 3. The molecule has 0 N–H and O–H groups in total. The number of carbonyl (C=O) groups excluding carboxylic acids is 1. The van der Waals surface area contributed by atoms with Crippen LogP contribution in [0, 0.1) is 5.82 Å². The molecule has 6 nitrogen and oxygen atoms in total. The van der Waals surface area contributed by atoms with Gasteiger partial charge in [-0.3, -0.25) is 9.78 Å². The first-order chi connectivity index (χ1) is 14.2. The van der Waals surface area contributed by atoms with E-state index in [0.29, 0.717) is 30.4 Å². The third-order valence-electron chi connectivity index (χ3n) is 4.94. The fourth-order valence-corrected chi connectivity index (χ4v) is 3.55. The topological polar surface area (TPSA) is 68.5 Å². The highest BCUT2D eigenvalue weighted by atomic mass is 19.1. The fourth-order valence-electron chi connectivity index (χ4n) is 3.55. The van der Waals surface area contributed by atoms with Crippen LogP contribution in [-0.4, -0.2) is 33.9 Å². The molecule has 3 aromatic rings. The van der Waals surface area contributed by atoms with E-state index in [1.54, 1.807) is 41.7 Å². The van der Waals surface area contributed by atoms with Gasteiger partial charge in [0.1, 0.15) is 23.4 Å². The molecule has 2 aromatic heterocycles. The zero-order chi connectivity index (χ0) is 20.1. The molecule has 0 bridgehead atoms. The number of halogens is 1. The van der Waals surface area contributed by atoms with Crippen LogP contribution >= 0.6 is 0 Å². The first-order valence-corrected chi connectivity index (χ1v) is 9.70. The van der Waals surface area contributed by atoms with E-state index in [0.717, 1.165) is 24.8 Å². The van der Waals surface area contributed by atoms with Crippen LogP contribution in [0.3, 0.4) is 0 Å². The van der Waals surface area contributed by atoms with Crippen molar-refractivity contribution in [3.8, 4) is 5.75 Å². The Bertz CT molecular complexity index is 961. The second kappa shape index (κ2) is 8.86. The third-order valence-corrected chi connectivity index (χ3v) is 4.94. The molecule has 150 valence electrons. The number of hydrogen-bond acceptors (Lipinski definition) is 5. The number of benzene rings is 1. The Kier molecular flexibility index (Phi) is 5.84. The molecule has 1 atom stereocenters. The van der Waals surface area contributed by atoms with Crippen LogP contribution in [0.25, 0.3) is 0 Å². The molecule has 1 unspecified atom stereocenters. The number of oxazole rings is 1. The molecule has 1 fully saturated rings. The lowest BCUT2D eigenvalue weighted by molar-refractivity contribution is -0.137. The summed E-state index contributed by atoms with van der Waals surface area (Å²) in [5, 5.41) is 0. The first kappa shape index (κ1) is 19.1. The van der Waals surface area contributed by atoms with E-state index in [1.165, 1.54) is 12.1 Å². The number of pyridine rings is 1. The second-order valence-electron chi connectivity index (χ2n) is 7.05. The molecule has 7 heteroatoms. The van der Waals surface area contributed by atoms with E-state index in [1.807, 2.05) is 6.07 Å². The van der Waals surface area contributed by atoms with Crippen molar-refractivity contribution in [3.63, 3.8) is 0 Å². The van der Waals surface area contributed by atoms with E-state index in [2.05, 4.69) is 9.97 Å². The highest BCUT2D eigenvalue weighted by Gasteiger charge is 2.31. The summed E-state index contributed by atoms with van der Waals surface area (Å²) in [4.78, 5) is 22.9. The summed E-state index contributed by atoms with van der Waals surface area (Å²) in [6, 6.07) is 9.72. The lowest BCUT2D eigenvalue weighted by Crippen LogP contribution is -2.41. The van der Waals surface area contributed by atoms with Gasteiger partial charge in [0.15, 0.2) is 6.61 Å². The number of hydrogen-bond donors (Lipinski definition) is 0. The van der Waals surface area contributed by atoms with Gasteiger partial charge in [-0.05, 0) is 49.1 Å². The Morgan fingerprint density at radius 1 is 1.24 bits per heavy atom. The van der Waals surface area contributed by atoms with Gasteiger partial charge in [-0.1, -0.05) is 12.1 Å². The summed E-state index contributed by atoms with van der Waals surface area (Å²) >= 11 is 0. The predicted molar refractivity (Wildman–Crippen MR) is 104 cm³/mol. The van der Waals surface area contributed by atoms with Crippen molar-refractivity contribution in [3.05, 3.63) is 78.0 Å². The molecule has 0 spiro atoms. The molecule has 0 radical (unpaired) electrons. The number of ether oxygens (including phenoxy) is 1. The monoisotopic (exact) mass is 395 g/mol. The molecule has 0 aliphatic carbocycles. The van der Waals surface area contributed by atoms with Crippen molar-refractivity contribution in [2.45, 2.75) is 31.7 Å². The third kappa shape index (κ3) is 4.80. The van der Waals surface area contributed by atoms with Crippen molar-refractivity contribution >= 4 is 5.91 Å². The van der Waals surface area contributed by atoms with Gasteiger partial charge in [0, 0.05) is 19.2 Å². The van der Waals surface area contributed by atoms with Gasteiger partial charge < -0.3 is 14.1 Å². The molecular formula is C22H22FN3O3. The van der Waals surface area contributed by atoms with Gasteiger partial charge in [-0.15, -0.1) is 0 Å². The summed E-state index contributed by atoms with van der Waals surface area (Å²) in [7, 11) is 0. The molecule has 0 saturated carbocycles. The normalized spacial score (nSPS) is 16.6. The quantitative estimate of drug-likeness (QED) is 0.633. The Morgan fingerprint density at radius 3 is 3.00 bits per heavy atom. The van der Waals surface area contributed by atoms with Gasteiger partial charge in [-0.25, -0.2) is 9.37 Å². The van der Waals surface area contributed by atoms with E-state index in [9.17, 15) is 9.18 Å². The lowest BCUT2D eigenvalue weighted by Gasteiger charge is -2.33. The summed E-state index contributed by atoms with van der Waals surface area (Å²) in [5.74, 6) is 1.34. The molecule has 4 rings (SSSR count). The van der Waals surface area contributed by atoms with Gasteiger partial charge in [0.05, 0.1) is 12.4 Å². The van der Waals surface area contributed by atoms with E-state index >= 15 is 0 Å². The fraction of sp³-hybridized carbons (Fsp3) is 0.318. The lowest BCUT2D eigenvalue weighted by atomic mass is 10.0. The average Bonchev–Trinajstić information content (AvgIpc) is 3.21. The highest BCUT2D eigenvalue weighted by Crippen LogP contribution is 2.31. The van der Waals surface area contributed by atoms with Gasteiger partial charge in [-0.2, -0.15) is 0 Å². The largest absolute Gasteiger partial charge is 0.482 e. The van der Waals surface area contributed by atoms with Crippen LogP contribution in [0.15, 0.2) is 59.4 Å².